The van der Waals surface area contributed by atoms with Crippen molar-refractivity contribution in [2.24, 2.45) is 0 Å². The highest BCUT2D eigenvalue weighted by Gasteiger charge is 2.04. The monoisotopic (exact) mass is 218 g/mol. The van der Waals surface area contributed by atoms with Crippen molar-refractivity contribution >= 4 is 22.4 Å². The SMILES string of the molecule is C=CCOc1ccc2ccccc2c1Cl. The fourth-order valence-corrected chi connectivity index (χ4v) is 1.76. The minimum atomic E-state index is 0.470. The van der Waals surface area contributed by atoms with E-state index in [4.69, 9.17) is 16.3 Å². The minimum Gasteiger partial charge on any atom is -0.488 e. The molecule has 2 aromatic rings. The summed E-state index contributed by atoms with van der Waals surface area (Å²) in [4.78, 5) is 0. The molecule has 0 aliphatic rings. The Balaban J connectivity index is 2.50. The Labute approximate surface area is 93.9 Å². The Morgan fingerprint density at radius 1 is 1.20 bits per heavy atom. The molecule has 0 radical (unpaired) electrons. The summed E-state index contributed by atoms with van der Waals surface area (Å²) in [5.74, 6) is 0.704. The van der Waals surface area contributed by atoms with Crippen LogP contribution < -0.4 is 4.74 Å². The number of hydrogen-bond acceptors (Lipinski definition) is 1. The fourth-order valence-electron chi connectivity index (χ4n) is 1.47. The first-order valence-electron chi connectivity index (χ1n) is 4.74. The summed E-state index contributed by atoms with van der Waals surface area (Å²) >= 11 is 6.22. The van der Waals surface area contributed by atoms with Gasteiger partial charge in [0.1, 0.15) is 12.4 Å². The lowest BCUT2D eigenvalue weighted by molar-refractivity contribution is 0.364. The number of rotatable bonds is 3. The van der Waals surface area contributed by atoms with E-state index in [-0.39, 0.29) is 0 Å². The maximum Gasteiger partial charge on any atom is 0.139 e. The second-order valence-electron chi connectivity index (χ2n) is 3.20. The van der Waals surface area contributed by atoms with Crippen molar-refractivity contribution in [3.05, 3.63) is 54.1 Å². The van der Waals surface area contributed by atoms with Crippen LogP contribution in [0.3, 0.4) is 0 Å². The Bertz CT molecular complexity index is 491. The molecule has 0 saturated heterocycles. The van der Waals surface area contributed by atoms with Crippen LogP contribution in [0.5, 0.6) is 5.75 Å². The van der Waals surface area contributed by atoms with Crippen molar-refractivity contribution in [1.29, 1.82) is 0 Å². The number of benzene rings is 2. The molecule has 2 aromatic carbocycles. The number of hydrogen-bond donors (Lipinski definition) is 0. The lowest BCUT2D eigenvalue weighted by Crippen LogP contribution is -1.93. The van der Waals surface area contributed by atoms with Crippen LogP contribution in [0, 0.1) is 0 Å². The zero-order valence-corrected chi connectivity index (χ0v) is 9.00. The Hall–Kier alpha value is -1.47. The predicted octanol–water partition coefficient (Wildman–Crippen LogP) is 4.06. The Kier molecular flexibility index (Phi) is 2.93. The molecule has 0 amide bonds. The average molecular weight is 219 g/mol. The second-order valence-corrected chi connectivity index (χ2v) is 3.58. The Morgan fingerprint density at radius 3 is 2.80 bits per heavy atom. The van der Waals surface area contributed by atoms with Crippen LogP contribution in [0.25, 0.3) is 10.8 Å². The smallest absolute Gasteiger partial charge is 0.139 e. The van der Waals surface area contributed by atoms with Gasteiger partial charge in [-0.15, -0.1) is 0 Å². The molecule has 0 heterocycles. The molecule has 2 heteroatoms. The van der Waals surface area contributed by atoms with E-state index in [0.717, 1.165) is 10.8 Å². The van der Waals surface area contributed by atoms with Gasteiger partial charge in [0.25, 0.3) is 0 Å². The summed E-state index contributed by atoms with van der Waals surface area (Å²) in [6, 6.07) is 11.8. The average Bonchev–Trinajstić information content (AvgIpc) is 2.29. The van der Waals surface area contributed by atoms with Gasteiger partial charge in [-0.05, 0) is 11.5 Å². The number of fused-ring (bicyclic) bond motifs is 1. The van der Waals surface area contributed by atoms with E-state index in [1.165, 1.54) is 0 Å². The first kappa shape index (κ1) is 10.1. The van der Waals surface area contributed by atoms with Crippen molar-refractivity contribution < 1.29 is 4.74 Å². The van der Waals surface area contributed by atoms with Gasteiger partial charge in [0.15, 0.2) is 0 Å². The van der Waals surface area contributed by atoms with Gasteiger partial charge in [0.2, 0.25) is 0 Å². The molecule has 76 valence electrons. The van der Waals surface area contributed by atoms with Crippen LogP contribution in [0.1, 0.15) is 0 Å². The van der Waals surface area contributed by atoms with Gasteiger partial charge >= 0.3 is 0 Å². The van der Waals surface area contributed by atoms with Gasteiger partial charge < -0.3 is 4.74 Å². The molecule has 0 bridgehead atoms. The molecule has 0 atom stereocenters. The third-order valence-electron chi connectivity index (χ3n) is 2.18. The van der Waals surface area contributed by atoms with Gasteiger partial charge in [-0.1, -0.05) is 54.6 Å². The Morgan fingerprint density at radius 2 is 2.00 bits per heavy atom. The first-order chi connectivity index (χ1) is 7.33. The summed E-state index contributed by atoms with van der Waals surface area (Å²) < 4.78 is 5.44. The summed E-state index contributed by atoms with van der Waals surface area (Å²) in [7, 11) is 0. The summed E-state index contributed by atoms with van der Waals surface area (Å²) in [5.41, 5.74) is 0. The zero-order valence-electron chi connectivity index (χ0n) is 8.24. The maximum absolute atomic E-state index is 6.22. The summed E-state index contributed by atoms with van der Waals surface area (Å²) in [5, 5.41) is 2.80. The molecule has 0 unspecified atom stereocenters. The van der Waals surface area contributed by atoms with Crippen LogP contribution in [-0.4, -0.2) is 6.61 Å². The van der Waals surface area contributed by atoms with E-state index in [1.807, 2.05) is 36.4 Å². The van der Waals surface area contributed by atoms with Crippen molar-refractivity contribution in [2.75, 3.05) is 6.61 Å². The summed E-state index contributed by atoms with van der Waals surface area (Å²) in [6.07, 6.45) is 1.70. The van der Waals surface area contributed by atoms with Gasteiger partial charge in [-0.3, -0.25) is 0 Å². The first-order valence-corrected chi connectivity index (χ1v) is 5.11. The van der Waals surface area contributed by atoms with Gasteiger partial charge in [0, 0.05) is 5.39 Å². The van der Waals surface area contributed by atoms with Crippen molar-refractivity contribution in [2.45, 2.75) is 0 Å². The topological polar surface area (TPSA) is 9.23 Å². The molecule has 0 saturated carbocycles. The second kappa shape index (κ2) is 4.37. The predicted molar refractivity (Wildman–Crippen MR) is 64.7 cm³/mol. The van der Waals surface area contributed by atoms with E-state index in [1.54, 1.807) is 6.08 Å². The highest BCUT2D eigenvalue weighted by Crippen LogP contribution is 2.32. The standard InChI is InChI=1S/C13H11ClO/c1-2-9-15-12-8-7-10-5-3-4-6-11(10)13(12)14/h2-8H,1,9H2. The summed E-state index contributed by atoms with van der Waals surface area (Å²) in [6.45, 7) is 4.07. The molecule has 2 rings (SSSR count). The van der Waals surface area contributed by atoms with E-state index in [9.17, 15) is 0 Å². The third kappa shape index (κ3) is 1.97. The largest absolute Gasteiger partial charge is 0.488 e. The van der Waals surface area contributed by atoms with Crippen molar-refractivity contribution in [1.82, 2.24) is 0 Å². The highest BCUT2D eigenvalue weighted by atomic mass is 35.5. The van der Waals surface area contributed by atoms with E-state index < -0.39 is 0 Å². The third-order valence-corrected chi connectivity index (χ3v) is 2.57. The molecule has 0 N–H and O–H groups in total. The van der Waals surface area contributed by atoms with Gasteiger partial charge in [-0.25, -0.2) is 0 Å². The van der Waals surface area contributed by atoms with E-state index >= 15 is 0 Å². The molecular formula is C13H11ClO. The van der Waals surface area contributed by atoms with Gasteiger partial charge in [-0.2, -0.15) is 0 Å². The molecule has 0 aliphatic carbocycles. The molecule has 0 fully saturated rings. The van der Waals surface area contributed by atoms with Crippen molar-refractivity contribution in [3.63, 3.8) is 0 Å². The zero-order chi connectivity index (χ0) is 10.7. The fraction of sp³-hybridized carbons (Fsp3) is 0.0769. The molecular weight excluding hydrogens is 208 g/mol. The maximum atomic E-state index is 6.22. The molecule has 0 spiro atoms. The van der Waals surface area contributed by atoms with Crippen LogP contribution in [0.15, 0.2) is 49.1 Å². The van der Waals surface area contributed by atoms with Crippen molar-refractivity contribution in [3.8, 4) is 5.75 Å². The van der Waals surface area contributed by atoms with Crippen LogP contribution >= 0.6 is 11.6 Å². The van der Waals surface area contributed by atoms with Gasteiger partial charge in [0.05, 0.1) is 5.02 Å². The van der Waals surface area contributed by atoms with Crippen LogP contribution in [0.2, 0.25) is 5.02 Å². The molecule has 0 aliphatic heterocycles. The van der Waals surface area contributed by atoms with Crippen LogP contribution in [-0.2, 0) is 0 Å². The quantitative estimate of drug-likeness (QED) is 0.706. The lowest BCUT2D eigenvalue weighted by atomic mass is 10.1. The number of halogens is 1. The highest BCUT2D eigenvalue weighted by molar-refractivity contribution is 6.37. The van der Waals surface area contributed by atoms with Crippen LogP contribution in [0.4, 0.5) is 0 Å². The lowest BCUT2D eigenvalue weighted by Gasteiger charge is -2.07. The van der Waals surface area contributed by atoms with E-state index in [2.05, 4.69) is 6.58 Å². The molecule has 0 aromatic heterocycles. The molecule has 1 nitrogen and oxygen atoms in total. The molecule has 15 heavy (non-hydrogen) atoms. The van der Waals surface area contributed by atoms with E-state index in [0.29, 0.717) is 17.4 Å². The minimum absolute atomic E-state index is 0.470. The normalized spacial score (nSPS) is 10.2. The number of ether oxygens (including phenoxy) is 1.